The summed E-state index contributed by atoms with van der Waals surface area (Å²) in [4.78, 5) is 28.5. The Hall–Kier alpha value is -3.46. The number of aromatic nitrogens is 2. The fourth-order valence-corrected chi connectivity index (χ4v) is 2.64. The fourth-order valence-electron chi connectivity index (χ4n) is 2.46. The molecule has 1 aromatic heterocycles. The van der Waals surface area contributed by atoms with Crippen LogP contribution in [-0.4, -0.2) is 40.0 Å². The monoisotopic (exact) mass is 402 g/mol. The highest BCUT2D eigenvalue weighted by atomic mass is 35.5. The standard InChI is InChI=1S/C18H15ClN4O5/c1-22(18(24)12-5-8-14(19)15(9-12)23(25)26)10-16-20-17(21-28-16)11-3-6-13(27-2)7-4-11/h3-9H,10H2,1-2H3. The third kappa shape index (κ3) is 4.09. The van der Waals surface area contributed by atoms with Gasteiger partial charge in [-0.2, -0.15) is 4.98 Å². The van der Waals surface area contributed by atoms with Crippen molar-refractivity contribution < 1.29 is 19.0 Å². The van der Waals surface area contributed by atoms with Crippen molar-refractivity contribution in [1.29, 1.82) is 0 Å². The summed E-state index contributed by atoms with van der Waals surface area (Å²) in [6.07, 6.45) is 0. The third-order valence-corrected chi connectivity index (χ3v) is 4.24. The maximum atomic E-state index is 12.5. The summed E-state index contributed by atoms with van der Waals surface area (Å²) >= 11 is 5.78. The van der Waals surface area contributed by atoms with Crippen molar-refractivity contribution in [3.8, 4) is 17.1 Å². The summed E-state index contributed by atoms with van der Waals surface area (Å²) < 4.78 is 10.3. The SMILES string of the molecule is COc1ccc(-c2noc(CN(C)C(=O)c3ccc(Cl)c([N+](=O)[O-])c3)n2)cc1. The molecule has 0 saturated carbocycles. The fraction of sp³-hybridized carbons (Fsp3) is 0.167. The van der Waals surface area contributed by atoms with E-state index in [4.69, 9.17) is 20.9 Å². The van der Waals surface area contributed by atoms with Crippen molar-refractivity contribution in [1.82, 2.24) is 15.0 Å². The summed E-state index contributed by atoms with van der Waals surface area (Å²) in [6, 6.07) is 11.0. The van der Waals surface area contributed by atoms with Gasteiger partial charge in [-0.3, -0.25) is 14.9 Å². The largest absolute Gasteiger partial charge is 0.497 e. The summed E-state index contributed by atoms with van der Waals surface area (Å²) in [7, 11) is 3.10. The molecule has 0 N–H and O–H groups in total. The number of rotatable bonds is 6. The van der Waals surface area contributed by atoms with Gasteiger partial charge in [-0.1, -0.05) is 16.8 Å². The Morgan fingerprint density at radius 3 is 2.64 bits per heavy atom. The molecule has 1 amide bonds. The van der Waals surface area contributed by atoms with E-state index in [-0.39, 0.29) is 28.7 Å². The molecule has 0 saturated heterocycles. The molecule has 0 atom stereocenters. The lowest BCUT2D eigenvalue weighted by molar-refractivity contribution is -0.384. The van der Waals surface area contributed by atoms with Gasteiger partial charge in [0.05, 0.1) is 18.6 Å². The van der Waals surface area contributed by atoms with Crippen molar-refractivity contribution >= 4 is 23.2 Å². The number of nitro benzene ring substituents is 1. The minimum atomic E-state index is -0.641. The second-order valence-corrected chi connectivity index (χ2v) is 6.23. The summed E-state index contributed by atoms with van der Waals surface area (Å²) in [5.41, 5.74) is 0.534. The van der Waals surface area contributed by atoms with Gasteiger partial charge >= 0.3 is 0 Å². The van der Waals surface area contributed by atoms with E-state index in [0.717, 1.165) is 11.6 Å². The number of carbonyl (C=O) groups excluding carboxylic acids is 1. The van der Waals surface area contributed by atoms with Gasteiger partial charge in [-0.05, 0) is 36.4 Å². The number of nitrogens with zero attached hydrogens (tertiary/aromatic N) is 4. The molecule has 0 fully saturated rings. The van der Waals surface area contributed by atoms with Crippen LogP contribution in [0.5, 0.6) is 5.75 Å². The zero-order chi connectivity index (χ0) is 20.3. The molecule has 3 aromatic rings. The van der Waals surface area contributed by atoms with E-state index < -0.39 is 10.8 Å². The topological polar surface area (TPSA) is 112 Å². The Morgan fingerprint density at radius 1 is 1.29 bits per heavy atom. The molecule has 144 valence electrons. The highest BCUT2D eigenvalue weighted by molar-refractivity contribution is 6.32. The molecule has 0 spiro atoms. The van der Waals surface area contributed by atoms with Gasteiger partial charge in [-0.15, -0.1) is 0 Å². The van der Waals surface area contributed by atoms with E-state index in [9.17, 15) is 14.9 Å². The number of nitro groups is 1. The van der Waals surface area contributed by atoms with Crippen LogP contribution >= 0.6 is 11.6 Å². The molecule has 0 unspecified atom stereocenters. The average Bonchev–Trinajstić information content (AvgIpc) is 3.16. The number of ether oxygens (including phenoxy) is 1. The highest BCUT2D eigenvalue weighted by Gasteiger charge is 2.20. The molecular formula is C18H15ClN4O5. The van der Waals surface area contributed by atoms with Gasteiger partial charge in [0, 0.05) is 24.2 Å². The Morgan fingerprint density at radius 2 is 2.00 bits per heavy atom. The first-order chi connectivity index (χ1) is 13.4. The number of hydrogen-bond acceptors (Lipinski definition) is 7. The molecule has 0 radical (unpaired) electrons. The van der Waals surface area contributed by atoms with Crippen LogP contribution in [-0.2, 0) is 6.54 Å². The maximum Gasteiger partial charge on any atom is 0.288 e. The second-order valence-electron chi connectivity index (χ2n) is 5.82. The normalized spacial score (nSPS) is 10.5. The summed E-state index contributed by atoms with van der Waals surface area (Å²) in [5, 5.41) is 14.9. The molecule has 0 aliphatic rings. The van der Waals surface area contributed by atoms with Crippen molar-refractivity contribution in [2.75, 3.05) is 14.2 Å². The first-order valence-electron chi connectivity index (χ1n) is 8.05. The van der Waals surface area contributed by atoms with Crippen LogP contribution in [0.25, 0.3) is 11.4 Å². The number of halogens is 1. The van der Waals surface area contributed by atoms with Gasteiger partial charge < -0.3 is 14.2 Å². The predicted octanol–water partition coefficient (Wildman–Crippen LogP) is 3.58. The average molecular weight is 403 g/mol. The van der Waals surface area contributed by atoms with E-state index in [2.05, 4.69) is 10.1 Å². The van der Waals surface area contributed by atoms with E-state index in [1.807, 2.05) is 0 Å². The van der Waals surface area contributed by atoms with Crippen molar-refractivity contribution in [3.05, 3.63) is 69.1 Å². The molecule has 2 aromatic carbocycles. The van der Waals surface area contributed by atoms with Crippen LogP contribution in [0, 0.1) is 10.1 Å². The summed E-state index contributed by atoms with van der Waals surface area (Å²) in [5.74, 6) is 0.865. The number of benzene rings is 2. The Labute approximate surface area is 164 Å². The zero-order valence-corrected chi connectivity index (χ0v) is 15.7. The van der Waals surface area contributed by atoms with E-state index >= 15 is 0 Å². The van der Waals surface area contributed by atoms with E-state index in [1.54, 1.807) is 31.4 Å². The van der Waals surface area contributed by atoms with Crippen LogP contribution in [0.3, 0.4) is 0 Å². The molecule has 1 heterocycles. The molecular weight excluding hydrogens is 388 g/mol. The first kappa shape index (κ1) is 19.3. The lowest BCUT2D eigenvalue weighted by Crippen LogP contribution is -2.26. The molecule has 10 heteroatoms. The minimum Gasteiger partial charge on any atom is -0.497 e. The number of hydrogen-bond donors (Lipinski definition) is 0. The highest BCUT2D eigenvalue weighted by Crippen LogP contribution is 2.26. The van der Waals surface area contributed by atoms with Crippen LogP contribution in [0.4, 0.5) is 5.69 Å². The van der Waals surface area contributed by atoms with Crippen LogP contribution in [0.2, 0.25) is 5.02 Å². The number of amides is 1. The number of methoxy groups -OCH3 is 1. The molecule has 3 rings (SSSR count). The molecule has 0 aliphatic heterocycles. The van der Waals surface area contributed by atoms with Crippen LogP contribution in [0.15, 0.2) is 47.0 Å². The van der Waals surface area contributed by atoms with Gasteiger partial charge in [-0.25, -0.2) is 0 Å². The van der Waals surface area contributed by atoms with Crippen LogP contribution < -0.4 is 4.74 Å². The summed E-state index contributed by atoms with van der Waals surface area (Å²) in [6.45, 7) is 0.0401. The predicted molar refractivity (Wildman–Crippen MR) is 100 cm³/mol. The van der Waals surface area contributed by atoms with Crippen molar-refractivity contribution in [2.24, 2.45) is 0 Å². The Kier molecular flexibility index (Phi) is 5.55. The number of carbonyl (C=O) groups is 1. The molecule has 9 nitrogen and oxygen atoms in total. The second kappa shape index (κ2) is 8.05. The van der Waals surface area contributed by atoms with Crippen molar-refractivity contribution in [2.45, 2.75) is 6.54 Å². The van der Waals surface area contributed by atoms with Crippen molar-refractivity contribution in [3.63, 3.8) is 0 Å². The maximum absolute atomic E-state index is 12.5. The van der Waals surface area contributed by atoms with Gasteiger partial charge in [0.15, 0.2) is 0 Å². The van der Waals surface area contributed by atoms with E-state index in [1.165, 1.54) is 24.1 Å². The molecule has 0 bridgehead atoms. The smallest absolute Gasteiger partial charge is 0.288 e. The Bertz CT molecular complexity index is 1020. The quantitative estimate of drug-likeness (QED) is 0.457. The molecule has 0 aliphatic carbocycles. The first-order valence-corrected chi connectivity index (χ1v) is 8.43. The van der Waals surface area contributed by atoms with Gasteiger partial charge in [0.25, 0.3) is 11.6 Å². The lowest BCUT2D eigenvalue weighted by Gasteiger charge is -2.14. The van der Waals surface area contributed by atoms with Gasteiger partial charge in [0.1, 0.15) is 10.8 Å². The lowest BCUT2D eigenvalue weighted by atomic mass is 10.2. The van der Waals surface area contributed by atoms with E-state index in [0.29, 0.717) is 11.6 Å². The van der Waals surface area contributed by atoms with Gasteiger partial charge in [0.2, 0.25) is 11.7 Å². The molecule has 28 heavy (non-hydrogen) atoms. The Balaban J connectivity index is 1.73. The zero-order valence-electron chi connectivity index (χ0n) is 15.0. The van der Waals surface area contributed by atoms with Crippen LogP contribution in [0.1, 0.15) is 16.2 Å². The minimum absolute atomic E-state index is 0.0368. The third-order valence-electron chi connectivity index (χ3n) is 3.93.